The van der Waals surface area contributed by atoms with E-state index in [1.54, 1.807) is 0 Å². The third-order valence-corrected chi connectivity index (χ3v) is 11.5. The van der Waals surface area contributed by atoms with Gasteiger partial charge in [0.1, 0.15) is 29.3 Å². The highest BCUT2D eigenvalue weighted by Gasteiger charge is 2.26. The van der Waals surface area contributed by atoms with Crippen LogP contribution in [0.2, 0.25) is 0 Å². The van der Waals surface area contributed by atoms with Gasteiger partial charge in [-0.1, -0.05) is 170 Å². The van der Waals surface area contributed by atoms with Gasteiger partial charge in [-0.3, -0.25) is 10.3 Å². The molecule has 0 bridgehead atoms. The molecule has 0 saturated heterocycles. The smallest absolute Gasteiger partial charge is 0.136 e. The summed E-state index contributed by atoms with van der Waals surface area (Å²) in [6.45, 7) is 0. The highest BCUT2D eigenvalue weighted by atomic mass is 16.3. The second kappa shape index (κ2) is 14.3. The number of aromatic nitrogens is 1. The van der Waals surface area contributed by atoms with Crippen molar-refractivity contribution in [3.8, 4) is 22.3 Å². The van der Waals surface area contributed by atoms with Crippen molar-refractivity contribution >= 4 is 50.7 Å². The number of nitrogens with one attached hydrogen (secondary N) is 2. The van der Waals surface area contributed by atoms with Crippen molar-refractivity contribution in [2.75, 3.05) is 0 Å². The lowest BCUT2D eigenvalue weighted by Gasteiger charge is -2.32. The Bertz CT molecular complexity index is 3050. The van der Waals surface area contributed by atoms with Gasteiger partial charge in [0, 0.05) is 34.0 Å². The van der Waals surface area contributed by atoms with Crippen LogP contribution >= 0.6 is 0 Å². The van der Waals surface area contributed by atoms with Gasteiger partial charge in [-0.05, 0) is 74.0 Å². The molecule has 3 atom stereocenters. The van der Waals surface area contributed by atoms with Gasteiger partial charge in [0.25, 0.3) is 0 Å². The maximum absolute atomic E-state index is 6.47. The van der Waals surface area contributed by atoms with Crippen LogP contribution in [0.25, 0.3) is 67.1 Å². The summed E-state index contributed by atoms with van der Waals surface area (Å²) in [5, 5.41) is 12.1. The summed E-state index contributed by atoms with van der Waals surface area (Å²) >= 11 is 0. The first kappa shape index (κ1) is 34.0. The molecule has 1 aliphatic heterocycles. The van der Waals surface area contributed by atoms with Crippen molar-refractivity contribution < 1.29 is 4.42 Å². The summed E-state index contributed by atoms with van der Waals surface area (Å²) in [5.41, 5.74) is 12.9. The van der Waals surface area contributed by atoms with E-state index in [2.05, 4.69) is 187 Å². The number of allylic oxidation sites excluding steroid dienone is 2. The van der Waals surface area contributed by atoms with Crippen LogP contribution in [0.3, 0.4) is 0 Å². The van der Waals surface area contributed by atoms with Crippen molar-refractivity contribution in [1.82, 2.24) is 15.6 Å². The predicted molar refractivity (Wildman–Crippen MR) is 238 cm³/mol. The molecule has 3 heterocycles. The largest absolute Gasteiger partial charge is 0.456 e. The van der Waals surface area contributed by atoms with E-state index in [4.69, 9.17) is 14.4 Å². The Kier molecular flexibility index (Phi) is 8.37. The number of benzene rings is 7. The van der Waals surface area contributed by atoms with Crippen LogP contribution in [0, 0.1) is 0 Å². The Labute approximate surface area is 336 Å². The van der Waals surface area contributed by atoms with E-state index < -0.39 is 0 Å². The first-order chi connectivity index (χ1) is 28.7. The number of nitrogens with zero attached hydrogens (tertiary/aromatic N) is 2. The molecule has 0 fully saturated rings. The third kappa shape index (κ3) is 6.19. The Balaban J connectivity index is 0.936. The van der Waals surface area contributed by atoms with E-state index in [9.17, 15) is 0 Å². The normalized spacial score (nSPS) is 17.5. The maximum Gasteiger partial charge on any atom is 0.136 e. The van der Waals surface area contributed by atoms with Gasteiger partial charge in [-0.25, -0.2) is 4.99 Å². The van der Waals surface area contributed by atoms with E-state index in [0.717, 1.165) is 61.3 Å². The molecule has 58 heavy (non-hydrogen) atoms. The molecule has 5 heteroatoms. The van der Waals surface area contributed by atoms with Crippen molar-refractivity contribution in [1.29, 1.82) is 0 Å². The molecule has 7 aromatic carbocycles. The van der Waals surface area contributed by atoms with E-state index in [1.807, 2.05) is 24.4 Å². The van der Waals surface area contributed by atoms with Crippen LogP contribution in [0.4, 0.5) is 0 Å². The standard InChI is InChI=1S/C53H38N4O/c1-3-10-34(11-4-1)35-18-24-40(25-19-35)52-55-51(39-13-5-2-6-14-39)56-53(57-52)41-28-31-48-46(32-41)50-45(16-9-17-49(50)58-48)42-27-30-47(54-33-42)38-23-22-37-21-20-36-12-7-8-15-43(36)44(37)29-26-38/h1-33,38,51,53,56H,(H,55,57). The zero-order chi connectivity index (χ0) is 38.4. The lowest BCUT2D eigenvalue weighted by atomic mass is 9.97. The fourth-order valence-corrected chi connectivity index (χ4v) is 8.47. The van der Waals surface area contributed by atoms with Gasteiger partial charge >= 0.3 is 0 Å². The van der Waals surface area contributed by atoms with Crippen molar-refractivity contribution in [3.63, 3.8) is 0 Å². The molecule has 1 aliphatic carbocycles. The summed E-state index contributed by atoms with van der Waals surface area (Å²) in [5.74, 6) is 0.912. The monoisotopic (exact) mass is 746 g/mol. The van der Waals surface area contributed by atoms with Crippen LogP contribution in [0.15, 0.2) is 198 Å². The number of aliphatic imine (C=N–C) groups is 1. The van der Waals surface area contributed by atoms with Gasteiger partial charge in [-0.2, -0.15) is 0 Å². The van der Waals surface area contributed by atoms with Gasteiger partial charge in [-0.15, -0.1) is 0 Å². The molecule has 2 aliphatic rings. The number of hydrogen-bond acceptors (Lipinski definition) is 5. The molecule has 11 rings (SSSR count). The van der Waals surface area contributed by atoms with Crippen LogP contribution in [-0.4, -0.2) is 10.8 Å². The van der Waals surface area contributed by atoms with E-state index in [0.29, 0.717) is 0 Å². The Morgan fingerprint density at radius 2 is 1.29 bits per heavy atom. The Hall–Kier alpha value is -7.34. The quantitative estimate of drug-likeness (QED) is 0.178. The molecular formula is C53H38N4O. The topological polar surface area (TPSA) is 62.5 Å². The lowest BCUT2D eigenvalue weighted by Crippen LogP contribution is -2.44. The molecule has 2 N–H and O–H groups in total. The summed E-state index contributed by atoms with van der Waals surface area (Å²) in [4.78, 5) is 10.3. The fourth-order valence-electron chi connectivity index (χ4n) is 8.47. The molecule has 2 aromatic heterocycles. The number of pyridine rings is 1. The molecule has 9 aromatic rings. The van der Waals surface area contributed by atoms with Gasteiger partial charge in [0.2, 0.25) is 0 Å². The highest BCUT2D eigenvalue weighted by Crippen LogP contribution is 2.39. The minimum Gasteiger partial charge on any atom is -0.456 e. The van der Waals surface area contributed by atoms with E-state index >= 15 is 0 Å². The number of hydrogen-bond donors (Lipinski definition) is 2. The van der Waals surface area contributed by atoms with Crippen LogP contribution in [0.5, 0.6) is 0 Å². The van der Waals surface area contributed by atoms with E-state index in [-0.39, 0.29) is 18.2 Å². The van der Waals surface area contributed by atoms with Crippen molar-refractivity contribution in [3.05, 3.63) is 222 Å². The van der Waals surface area contributed by atoms with Crippen molar-refractivity contribution in [2.45, 2.75) is 18.2 Å². The Morgan fingerprint density at radius 1 is 0.534 bits per heavy atom. The minimum absolute atomic E-state index is 0.0674. The average Bonchev–Trinajstić information content (AvgIpc) is 3.53. The second-order valence-electron chi connectivity index (χ2n) is 15.0. The number of fused-ring (bicyclic) bond motifs is 6. The highest BCUT2D eigenvalue weighted by molar-refractivity contribution is 6.12. The first-order valence-electron chi connectivity index (χ1n) is 19.8. The molecule has 3 unspecified atom stereocenters. The minimum atomic E-state index is -0.303. The molecule has 5 nitrogen and oxygen atoms in total. The third-order valence-electron chi connectivity index (χ3n) is 11.5. The summed E-state index contributed by atoms with van der Waals surface area (Å²) in [6.07, 6.45) is 10.5. The van der Waals surface area contributed by atoms with Crippen LogP contribution in [-0.2, 0) is 0 Å². The second-order valence-corrected chi connectivity index (χ2v) is 15.0. The SMILES string of the molecule is C1=CC(c2ccc(-c3cccc4oc5ccc(C6N=C(c7ccc(-c8ccccc8)cc7)NC(c7ccccc7)N6)cc5c34)cn2)C=Cc2c1ccc1ccccc21. The Morgan fingerprint density at radius 3 is 2.14 bits per heavy atom. The van der Waals surface area contributed by atoms with Gasteiger partial charge in [0.05, 0.1) is 5.69 Å². The summed E-state index contributed by atoms with van der Waals surface area (Å²) in [6, 6.07) is 59.6. The molecule has 276 valence electrons. The van der Waals surface area contributed by atoms with Gasteiger partial charge < -0.3 is 9.73 Å². The number of furan rings is 1. The lowest BCUT2D eigenvalue weighted by molar-refractivity contribution is 0.409. The van der Waals surface area contributed by atoms with Gasteiger partial charge in [0.15, 0.2) is 0 Å². The zero-order valence-electron chi connectivity index (χ0n) is 31.6. The molecule has 0 saturated carbocycles. The first-order valence-corrected chi connectivity index (χ1v) is 19.8. The number of rotatable bonds is 6. The zero-order valence-corrected chi connectivity index (χ0v) is 31.6. The average molecular weight is 747 g/mol. The molecular weight excluding hydrogens is 709 g/mol. The maximum atomic E-state index is 6.47. The molecule has 0 amide bonds. The molecule has 0 spiro atoms. The predicted octanol–water partition coefficient (Wildman–Crippen LogP) is 12.6. The summed E-state index contributed by atoms with van der Waals surface area (Å²) < 4.78 is 6.47. The summed E-state index contributed by atoms with van der Waals surface area (Å²) in [7, 11) is 0. The van der Waals surface area contributed by atoms with E-state index in [1.165, 1.54) is 33.0 Å². The van der Waals surface area contributed by atoms with Crippen molar-refractivity contribution in [2.24, 2.45) is 4.99 Å². The fraction of sp³-hybridized carbons (Fsp3) is 0.0566. The number of amidine groups is 1. The van der Waals surface area contributed by atoms with Crippen LogP contribution < -0.4 is 10.6 Å². The van der Waals surface area contributed by atoms with Crippen LogP contribution in [0.1, 0.15) is 51.8 Å². The molecule has 0 radical (unpaired) electrons.